The van der Waals surface area contributed by atoms with Crippen molar-refractivity contribution in [3.8, 4) is 6.07 Å². The van der Waals surface area contributed by atoms with Gasteiger partial charge in [-0.25, -0.2) is 0 Å². The van der Waals surface area contributed by atoms with Gasteiger partial charge in [0.25, 0.3) is 5.91 Å². The van der Waals surface area contributed by atoms with Crippen LogP contribution in [0, 0.1) is 11.3 Å². The first-order valence-corrected chi connectivity index (χ1v) is 8.89. The summed E-state index contributed by atoms with van der Waals surface area (Å²) in [6.07, 6.45) is 4.80. The lowest BCUT2D eigenvalue weighted by Crippen LogP contribution is -2.48. The smallest absolute Gasteiger partial charge is 0.264 e. The average molecular weight is 330 g/mol. The van der Waals surface area contributed by atoms with Gasteiger partial charge in [-0.1, -0.05) is 0 Å². The summed E-state index contributed by atoms with van der Waals surface area (Å²) < 4.78 is 3.36. The highest BCUT2D eigenvalue weighted by Gasteiger charge is 2.23. The van der Waals surface area contributed by atoms with Crippen LogP contribution in [0.3, 0.4) is 0 Å². The van der Waals surface area contributed by atoms with Crippen LogP contribution in [0.25, 0.3) is 10.1 Å². The van der Waals surface area contributed by atoms with Crippen LogP contribution in [0.1, 0.15) is 36.0 Å². The zero-order valence-electron chi connectivity index (χ0n) is 13.7. The molecule has 122 valence electrons. The van der Waals surface area contributed by atoms with Crippen LogP contribution in [0.2, 0.25) is 0 Å². The lowest BCUT2D eigenvalue weighted by atomic mass is 10.2. The predicted molar refractivity (Wildman–Crippen MR) is 92.8 cm³/mol. The lowest BCUT2D eigenvalue weighted by Gasteiger charge is -2.34. The molecule has 1 fully saturated rings. The highest BCUT2D eigenvalue weighted by atomic mass is 32.1. The van der Waals surface area contributed by atoms with Crippen molar-refractivity contribution in [1.82, 2.24) is 14.4 Å². The van der Waals surface area contributed by atoms with E-state index < -0.39 is 0 Å². The zero-order valence-corrected chi connectivity index (χ0v) is 14.5. The molecule has 0 bridgehead atoms. The van der Waals surface area contributed by atoms with Crippen molar-refractivity contribution in [3.63, 3.8) is 0 Å². The van der Waals surface area contributed by atoms with Crippen molar-refractivity contribution in [2.24, 2.45) is 0 Å². The predicted octanol–water partition coefficient (Wildman–Crippen LogP) is 2.96. The van der Waals surface area contributed by atoms with E-state index in [2.05, 4.69) is 41.8 Å². The van der Waals surface area contributed by atoms with E-state index in [1.54, 1.807) is 11.3 Å². The van der Waals surface area contributed by atoms with Crippen LogP contribution in [0.4, 0.5) is 0 Å². The largest absolute Gasteiger partial charge is 0.350 e. The van der Waals surface area contributed by atoms with Crippen LogP contribution in [-0.4, -0.2) is 53.0 Å². The van der Waals surface area contributed by atoms with Gasteiger partial charge in [0.15, 0.2) is 0 Å². The maximum absolute atomic E-state index is 12.7. The first kappa shape index (κ1) is 16.0. The molecule has 5 nitrogen and oxygen atoms in total. The van der Waals surface area contributed by atoms with Crippen LogP contribution >= 0.6 is 11.3 Å². The summed E-state index contributed by atoms with van der Waals surface area (Å²) in [4.78, 5) is 17.7. The second-order valence-electron chi connectivity index (χ2n) is 6.27. The second kappa shape index (κ2) is 6.73. The number of thiophene rings is 1. The Labute approximate surface area is 140 Å². The van der Waals surface area contributed by atoms with Crippen molar-refractivity contribution in [2.45, 2.75) is 26.3 Å². The van der Waals surface area contributed by atoms with E-state index in [-0.39, 0.29) is 5.91 Å². The first-order valence-electron chi connectivity index (χ1n) is 8.08. The molecule has 6 heteroatoms. The third-order valence-electron chi connectivity index (χ3n) is 4.35. The fraction of sp³-hybridized carbons (Fsp3) is 0.529. The molecule has 23 heavy (non-hydrogen) atoms. The Morgan fingerprint density at radius 2 is 2.04 bits per heavy atom. The number of rotatable bonds is 4. The van der Waals surface area contributed by atoms with Gasteiger partial charge in [-0.15, -0.1) is 11.3 Å². The fourth-order valence-corrected chi connectivity index (χ4v) is 3.94. The molecular formula is C17H22N4OS. The maximum atomic E-state index is 12.7. The minimum absolute atomic E-state index is 0.141. The van der Waals surface area contributed by atoms with Crippen molar-refractivity contribution in [3.05, 3.63) is 23.3 Å². The molecule has 0 unspecified atom stereocenters. The number of hydrogen-bond acceptors (Lipinski definition) is 4. The minimum Gasteiger partial charge on any atom is -0.350 e. The van der Waals surface area contributed by atoms with E-state index in [9.17, 15) is 4.79 Å². The number of amides is 1. The Morgan fingerprint density at radius 3 is 2.65 bits per heavy atom. The summed E-state index contributed by atoms with van der Waals surface area (Å²) in [5.41, 5.74) is 0. The van der Waals surface area contributed by atoms with E-state index in [1.165, 1.54) is 4.70 Å². The van der Waals surface area contributed by atoms with Gasteiger partial charge in [0, 0.05) is 63.0 Å². The second-order valence-corrected chi connectivity index (χ2v) is 7.36. The quantitative estimate of drug-likeness (QED) is 0.866. The average Bonchev–Trinajstić information content (AvgIpc) is 3.11. The Morgan fingerprint density at radius 1 is 1.30 bits per heavy atom. The van der Waals surface area contributed by atoms with Gasteiger partial charge < -0.3 is 9.47 Å². The summed E-state index contributed by atoms with van der Waals surface area (Å²) in [5.74, 6) is 0.141. The minimum atomic E-state index is 0.141. The van der Waals surface area contributed by atoms with E-state index in [4.69, 9.17) is 5.26 Å². The van der Waals surface area contributed by atoms with Gasteiger partial charge in [0.2, 0.25) is 0 Å². The summed E-state index contributed by atoms with van der Waals surface area (Å²) >= 11 is 1.58. The summed E-state index contributed by atoms with van der Waals surface area (Å²) in [7, 11) is 0. The fourth-order valence-electron chi connectivity index (χ4n) is 2.90. The van der Waals surface area contributed by atoms with Crippen molar-refractivity contribution < 1.29 is 4.79 Å². The third kappa shape index (κ3) is 3.41. The molecule has 0 aromatic carbocycles. The van der Waals surface area contributed by atoms with Gasteiger partial charge >= 0.3 is 0 Å². The molecule has 2 aromatic rings. The molecule has 0 N–H and O–H groups in total. The number of carbonyl (C=O) groups excluding carboxylic acids is 1. The van der Waals surface area contributed by atoms with E-state index in [0.717, 1.165) is 43.0 Å². The molecule has 3 rings (SSSR count). The highest BCUT2D eigenvalue weighted by molar-refractivity contribution is 7.20. The monoisotopic (exact) mass is 330 g/mol. The molecular weight excluding hydrogens is 308 g/mol. The summed E-state index contributed by atoms with van der Waals surface area (Å²) in [6, 6.07) is 4.63. The van der Waals surface area contributed by atoms with Gasteiger partial charge in [-0.05, 0) is 19.9 Å². The van der Waals surface area contributed by atoms with Crippen LogP contribution in [0.5, 0.6) is 0 Å². The van der Waals surface area contributed by atoms with Crippen LogP contribution < -0.4 is 0 Å². The maximum Gasteiger partial charge on any atom is 0.264 e. The molecule has 1 saturated heterocycles. The Bertz CT molecular complexity index is 700. The highest BCUT2D eigenvalue weighted by Crippen LogP contribution is 2.29. The van der Waals surface area contributed by atoms with Crippen LogP contribution in [0.15, 0.2) is 18.5 Å². The van der Waals surface area contributed by atoms with Gasteiger partial charge in [0.05, 0.1) is 15.6 Å². The molecule has 0 radical (unpaired) electrons. The molecule has 0 spiro atoms. The van der Waals surface area contributed by atoms with Gasteiger partial charge in [-0.2, -0.15) is 5.26 Å². The number of hydrogen-bond donors (Lipinski definition) is 0. The summed E-state index contributed by atoms with van der Waals surface area (Å²) in [5, 5.41) is 9.80. The van der Waals surface area contributed by atoms with E-state index in [1.807, 2.05) is 11.0 Å². The number of aromatic nitrogens is 1. The standard InChI is InChI=1S/C17H22N4OS/c1-13(2)21-11-14-10-15(23-16(14)12-21)17(22)20-8-6-19(7-9-20)5-3-4-18/h10-13H,3,5-9H2,1-2H3. The topological polar surface area (TPSA) is 52.3 Å². The normalized spacial score (nSPS) is 16.2. The van der Waals surface area contributed by atoms with Crippen molar-refractivity contribution in [1.29, 1.82) is 5.26 Å². The summed E-state index contributed by atoms with van der Waals surface area (Å²) in [6.45, 7) is 8.33. The Hall–Kier alpha value is -1.84. The molecule has 0 atom stereocenters. The Balaban J connectivity index is 1.64. The molecule has 0 aliphatic carbocycles. The number of fused-ring (bicyclic) bond motifs is 1. The Kier molecular flexibility index (Phi) is 4.69. The van der Waals surface area contributed by atoms with E-state index in [0.29, 0.717) is 12.5 Å². The molecule has 1 amide bonds. The molecule has 3 heterocycles. The lowest BCUT2D eigenvalue weighted by molar-refractivity contribution is 0.0644. The van der Waals surface area contributed by atoms with Crippen molar-refractivity contribution >= 4 is 27.3 Å². The zero-order chi connectivity index (χ0) is 16.4. The molecule has 2 aromatic heterocycles. The third-order valence-corrected chi connectivity index (χ3v) is 5.43. The number of nitrogens with zero attached hydrogens (tertiary/aromatic N) is 4. The SMILES string of the molecule is CC(C)n1cc2cc(C(=O)N3CCN(CCC#N)CC3)sc2c1. The van der Waals surface area contributed by atoms with E-state index >= 15 is 0 Å². The molecule has 1 aliphatic heterocycles. The first-order chi connectivity index (χ1) is 11.1. The number of nitriles is 1. The molecule has 0 saturated carbocycles. The number of piperazine rings is 1. The van der Waals surface area contributed by atoms with Crippen LogP contribution in [-0.2, 0) is 0 Å². The van der Waals surface area contributed by atoms with Crippen molar-refractivity contribution in [2.75, 3.05) is 32.7 Å². The molecule has 1 aliphatic rings. The number of carbonyl (C=O) groups is 1. The van der Waals surface area contributed by atoms with Gasteiger partial charge in [-0.3, -0.25) is 9.69 Å². The van der Waals surface area contributed by atoms with Gasteiger partial charge in [0.1, 0.15) is 0 Å².